The van der Waals surface area contributed by atoms with Gasteiger partial charge in [-0.1, -0.05) is 18.2 Å². The highest BCUT2D eigenvalue weighted by molar-refractivity contribution is 8.00. The lowest BCUT2D eigenvalue weighted by molar-refractivity contribution is -0.115. The molecule has 2 aromatic carbocycles. The molecule has 108 valence electrons. The maximum absolute atomic E-state index is 13.8. The quantitative estimate of drug-likeness (QED) is 0.864. The lowest BCUT2D eigenvalue weighted by Gasteiger charge is -2.26. The molecule has 1 aliphatic rings. The summed E-state index contributed by atoms with van der Waals surface area (Å²) in [6.07, 6.45) is 0. The van der Waals surface area contributed by atoms with Gasteiger partial charge in [0, 0.05) is 11.3 Å². The number of carbonyl (C=O) groups excluding carboxylic acids is 1. The van der Waals surface area contributed by atoms with E-state index in [1.54, 1.807) is 35.7 Å². The van der Waals surface area contributed by atoms with Crippen LogP contribution in [-0.2, 0) is 4.79 Å². The predicted molar refractivity (Wildman–Crippen MR) is 84.7 cm³/mol. The molecule has 0 spiro atoms. The predicted octanol–water partition coefficient (Wildman–Crippen LogP) is 3.49. The third kappa shape index (κ3) is 2.49. The zero-order valence-corrected chi connectivity index (χ0v) is 12.4. The molecule has 21 heavy (non-hydrogen) atoms. The number of nitrogens with zero attached hydrogens (tertiary/aromatic N) is 1. The summed E-state index contributed by atoms with van der Waals surface area (Å²) < 4.78 is 13.8. The first-order valence-electron chi connectivity index (χ1n) is 6.62. The second kappa shape index (κ2) is 5.41. The first-order valence-corrected chi connectivity index (χ1v) is 7.67. The number of halogens is 1. The third-order valence-corrected chi connectivity index (χ3v) is 4.80. The number of thioether (sulfide) groups is 1. The fourth-order valence-corrected chi connectivity index (χ4v) is 3.62. The zero-order chi connectivity index (χ0) is 15.0. The molecule has 1 fully saturated rings. The molecule has 0 saturated carbocycles. The smallest absolute Gasteiger partial charge is 0.238 e. The van der Waals surface area contributed by atoms with E-state index in [9.17, 15) is 9.18 Å². The molecule has 1 amide bonds. The maximum Gasteiger partial charge on any atom is 0.238 e. The molecule has 0 aliphatic carbocycles. The fourth-order valence-electron chi connectivity index (χ4n) is 2.45. The van der Waals surface area contributed by atoms with Crippen molar-refractivity contribution in [2.75, 3.05) is 16.4 Å². The average molecular weight is 302 g/mol. The Hall–Kier alpha value is -2.01. The van der Waals surface area contributed by atoms with Crippen molar-refractivity contribution in [3.8, 4) is 0 Å². The van der Waals surface area contributed by atoms with E-state index in [-0.39, 0.29) is 17.1 Å². The van der Waals surface area contributed by atoms with E-state index in [1.165, 1.54) is 6.07 Å². The minimum Gasteiger partial charge on any atom is -0.399 e. The Morgan fingerprint density at radius 1 is 1.24 bits per heavy atom. The zero-order valence-electron chi connectivity index (χ0n) is 11.5. The molecule has 0 radical (unpaired) electrons. The normalized spacial score (nSPS) is 18.3. The van der Waals surface area contributed by atoms with Crippen LogP contribution in [0.5, 0.6) is 0 Å². The largest absolute Gasteiger partial charge is 0.399 e. The monoisotopic (exact) mass is 302 g/mol. The molecular formula is C16H15FN2OS. The molecule has 1 atom stereocenters. The number of rotatable bonds is 2. The van der Waals surface area contributed by atoms with Gasteiger partial charge in [0.25, 0.3) is 0 Å². The first kappa shape index (κ1) is 13.9. The number of nitrogens with two attached hydrogens (primary N) is 1. The summed E-state index contributed by atoms with van der Waals surface area (Å²) in [5.74, 6) is 0.0918. The van der Waals surface area contributed by atoms with Crippen molar-refractivity contribution in [1.82, 2.24) is 0 Å². The van der Waals surface area contributed by atoms with Crippen molar-refractivity contribution in [3.63, 3.8) is 0 Å². The van der Waals surface area contributed by atoms with Gasteiger partial charge >= 0.3 is 0 Å². The van der Waals surface area contributed by atoms with Crippen molar-refractivity contribution < 1.29 is 9.18 Å². The summed E-state index contributed by atoms with van der Waals surface area (Å²) in [7, 11) is 0. The van der Waals surface area contributed by atoms with Crippen LogP contribution >= 0.6 is 11.8 Å². The Morgan fingerprint density at radius 2 is 1.95 bits per heavy atom. The Labute approximate surface area is 126 Å². The van der Waals surface area contributed by atoms with Gasteiger partial charge in [-0.2, -0.15) is 0 Å². The van der Waals surface area contributed by atoms with Crippen molar-refractivity contribution in [3.05, 3.63) is 59.4 Å². The van der Waals surface area contributed by atoms with Crippen LogP contribution in [0.25, 0.3) is 0 Å². The average Bonchev–Trinajstić information content (AvgIpc) is 2.85. The second-order valence-electron chi connectivity index (χ2n) is 4.98. The maximum atomic E-state index is 13.8. The van der Waals surface area contributed by atoms with Gasteiger partial charge in [-0.25, -0.2) is 4.39 Å². The molecule has 1 aliphatic heterocycles. The minimum atomic E-state index is -0.298. The number of amides is 1. The SMILES string of the molecule is Cc1c(F)cccc1N1C(=O)CS[C@@H]1c1ccc(N)cc1. The Bertz CT molecular complexity index is 687. The van der Waals surface area contributed by atoms with Crippen LogP contribution < -0.4 is 10.6 Å². The van der Waals surface area contributed by atoms with Crippen LogP contribution in [0.4, 0.5) is 15.8 Å². The lowest BCUT2D eigenvalue weighted by Crippen LogP contribution is -2.28. The minimum absolute atomic E-state index is 0.00414. The van der Waals surface area contributed by atoms with Gasteiger partial charge in [0.1, 0.15) is 11.2 Å². The van der Waals surface area contributed by atoms with Gasteiger partial charge < -0.3 is 5.73 Å². The van der Waals surface area contributed by atoms with Crippen molar-refractivity contribution in [2.24, 2.45) is 0 Å². The molecule has 3 rings (SSSR count). The van der Waals surface area contributed by atoms with Gasteiger partial charge in [-0.15, -0.1) is 11.8 Å². The standard InChI is InChI=1S/C16H15FN2OS/c1-10-13(17)3-2-4-14(10)19-15(20)9-21-16(19)11-5-7-12(18)8-6-11/h2-8,16H,9,18H2,1H3/t16-/m1/s1. The van der Waals surface area contributed by atoms with E-state index in [4.69, 9.17) is 5.73 Å². The van der Waals surface area contributed by atoms with Crippen LogP contribution in [-0.4, -0.2) is 11.7 Å². The van der Waals surface area contributed by atoms with Crippen LogP contribution in [0, 0.1) is 12.7 Å². The topological polar surface area (TPSA) is 46.3 Å². The van der Waals surface area contributed by atoms with Gasteiger partial charge in [-0.05, 0) is 36.8 Å². The van der Waals surface area contributed by atoms with Crippen molar-refractivity contribution in [2.45, 2.75) is 12.3 Å². The lowest BCUT2D eigenvalue weighted by atomic mass is 10.1. The Balaban J connectivity index is 2.04. The van der Waals surface area contributed by atoms with Crippen LogP contribution in [0.3, 0.4) is 0 Å². The summed E-state index contributed by atoms with van der Waals surface area (Å²) in [6, 6.07) is 12.3. The number of carbonyl (C=O) groups is 1. The third-order valence-electron chi connectivity index (χ3n) is 3.59. The van der Waals surface area contributed by atoms with E-state index in [0.717, 1.165) is 5.56 Å². The summed E-state index contributed by atoms with van der Waals surface area (Å²) in [6.45, 7) is 1.70. The highest BCUT2D eigenvalue weighted by Gasteiger charge is 2.35. The summed E-state index contributed by atoms with van der Waals surface area (Å²) in [5.41, 5.74) is 8.50. The number of anilines is 2. The van der Waals surface area contributed by atoms with Crippen LogP contribution in [0.2, 0.25) is 0 Å². The van der Waals surface area contributed by atoms with Crippen molar-refractivity contribution in [1.29, 1.82) is 0 Å². The Kier molecular flexibility index (Phi) is 3.59. The summed E-state index contributed by atoms with van der Waals surface area (Å²) in [5, 5.41) is -0.140. The van der Waals surface area contributed by atoms with E-state index >= 15 is 0 Å². The molecule has 2 N–H and O–H groups in total. The molecule has 5 heteroatoms. The van der Waals surface area contributed by atoms with Gasteiger partial charge in [0.2, 0.25) is 5.91 Å². The van der Waals surface area contributed by atoms with E-state index < -0.39 is 0 Å². The van der Waals surface area contributed by atoms with E-state index in [1.807, 2.05) is 24.3 Å². The molecule has 0 bridgehead atoms. The fraction of sp³-hybridized carbons (Fsp3) is 0.188. The number of hydrogen-bond acceptors (Lipinski definition) is 3. The van der Waals surface area contributed by atoms with Crippen LogP contribution in [0.1, 0.15) is 16.5 Å². The molecule has 0 aromatic heterocycles. The van der Waals surface area contributed by atoms with Gasteiger partial charge in [-0.3, -0.25) is 9.69 Å². The molecule has 2 aromatic rings. The van der Waals surface area contributed by atoms with Gasteiger partial charge in [0.15, 0.2) is 0 Å². The summed E-state index contributed by atoms with van der Waals surface area (Å²) >= 11 is 1.54. The van der Waals surface area contributed by atoms with E-state index in [0.29, 0.717) is 22.7 Å². The summed E-state index contributed by atoms with van der Waals surface area (Å²) in [4.78, 5) is 13.9. The molecule has 1 saturated heterocycles. The first-order chi connectivity index (χ1) is 10.1. The second-order valence-corrected chi connectivity index (χ2v) is 6.05. The highest BCUT2D eigenvalue weighted by Crippen LogP contribution is 2.43. The highest BCUT2D eigenvalue weighted by atomic mass is 32.2. The molecule has 1 heterocycles. The van der Waals surface area contributed by atoms with Crippen LogP contribution in [0.15, 0.2) is 42.5 Å². The molecular weight excluding hydrogens is 287 g/mol. The van der Waals surface area contributed by atoms with Gasteiger partial charge in [0.05, 0.1) is 11.4 Å². The van der Waals surface area contributed by atoms with E-state index in [2.05, 4.69) is 0 Å². The molecule has 3 nitrogen and oxygen atoms in total. The number of nitrogen functional groups attached to an aromatic ring is 1. The van der Waals surface area contributed by atoms with Crippen molar-refractivity contribution >= 4 is 29.0 Å². The molecule has 0 unspecified atom stereocenters. The number of benzene rings is 2. The number of hydrogen-bond donors (Lipinski definition) is 1. The Morgan fingerprint density at radius 3 is 2.67 bits per heavy atom.